The maximum absolute atomic E-state index is 6.12. The Labute approximate surface area is 130 Å². The molecule has 1 fully saturated rings. The first-order valence-electron chi connectivity index (χ1n) is 8.10. The normalized spacial score (nSPS) is 19.7. The Bertz CT molecular complexity index is 468. The van der Waals surface area contributed by atoms with Gasteiger partial charge in [-0.15, -0.1) is 0 Å². The second-order valence-electron chi connectivity index (χ2n) is 7.23. The number of hydrogen-bond acceptors (Lipinski definition) is 3. The fraction of sp³-hybridized carbons (Fsp3) is 0.667. The van der Waals surface area contributed by atoms with Crippen LogP contribution in [0.4, 0.5) is 0 Å². The first kappa shape index (κ1) is 16.5. The molecule has 0 bridgehead atoms. The molecule has 21 heavy (non-hydrogen) atoms. The third-order valence-corrected chi connectivity index (χ3v) is 4.93. The summed E-state index contributed by atoms with van der Waals surface area (Å²) in [6, 6.07) is 6.94. The molecule has 1 aromatic rings. The number of piperazine rings is 1. The first-order valence-corrected chi connectivity index (χ1v) is 8.10. The van der Waals surface area contributed by atoms with Crippen molar-refractivity contribution in [1.29, 1.82) is 0 Å². The SMILES string of the molecule is Cc1cccc(C(CN)N2CCN(C(C)(C)C)CC2)c1C. The van der Waals surface area contributed by atoms with Gasteiger partial charge >= 0.3 is 0 Å². The fourth-order valence-electron chi connectivity index (χ4n) is 3.31. The van der Waals surface area contributed by atoms with Gasteiger partial charge in [0, 0.05) is 44.3 Å². The highest BCUT2D eigenvalue weighted by atomic mass is 15.3. The number of rotatable bonds is 3. The Balaban J connectivity index is 2.12. The minimum atomic E-state index is 0.267. The van der Waals surface area contributed by atoms with Gasteiger partial charge in [0.05, 0.1) is 0 Å². The summed E-state index contributed by atoms with van der Waals surface area (Å²) in [4.78, 5) is 5.13. The van der Waals surface area contributed by atoms with E-state index < -0.39 is 0 Å². The van der Waals surface area contributed by atoms with Crippen LogP contribution in [0.1, 0.15) is 43.5 Å². The summed E-state index contributed by atoms with van der Waals surface area (Å²) in [6.45, 7) is 16.5. The summed E-state index contributed by atoms with van der Waals surface area (Å²) in [5.41, 5.74) is 10.5. The lowest BCUT2D eigenvalue weighted by molar-refractivity contribution is 0.0432. The van der Waals surface area contributed by atoms with Gasteiger partial charge in [-0.05, 0) is 51.3 Å². The largest absolute Gasteiger partial charge is 0.329 e. The summed E-state index contributed by atoms with van der Waals surface area (Å²) >= 11 is 0. The van der Waals surface area contributed by atoms with Crippen molar-refractivity contribution in [2.24, 2.45) is 5.73 Å². The number of hydrogen-bond donors (Lipinski definition) is 1. The summed E-state index contributed by atoms with van der Waals surface area (Å²) in [5.74, 6) is 0. The molecular weight excluding hydrogens is 258 g/mol. The van der Waals surface area contributed by atoms with Gasteiger partial charge in [0.15, 0.2) is 0 Å². The highest BCUT2D eigenvalue weighted by Crippen LogP contribution is 2.27. The van der Waals surface area contributed by atoms with Gasteiger partial charge in [-0.25, -0.2) is 0 Å². The third-order valence-electron chi connectivity index (χ3n) is 4.93. The molecule has 0 saturated carbocycles. The van der Waals surface area contributed by atoms with Crippen molar-refractivity contribution in [3.8, 4) is 0 Å². The number of nitrogens with zero attached hydrogens (tertiary/aromatic N) is 2. The van der Waals surface area contributed by atoms with E-state index in [2.05, 4.69) is 62.6 Å². The van der Waals surface area contributed by atoms with E-state index in [0.29, 0.717) is 12.6 Å². The first-order chi connectivity index (χ1) is 9.84. The Hall–Kier alpha value is -0.900. The molecule has 1 atom stereocenters. The third kappa shape index (κ3) is 3.65. The zero-order valence-corrected chi connectivity index (χ0v) is 14.3. The summed E-state index contributed by atoms with van der Waals surface area (Å²) in [6.07, 6.45) is 0. The van der Waals surface area contributed by atoms with Gasteiger partial charge in [-0.1, -0.05) is 18.2 Å². The molecule has 118 valence electrons. The smallest absolute Gasteiger partial charge is 0.0474 e. The molecule has 1 aliphatic heterocycles. The van der Waals surface area contributed by atoms with E-state index in [1.54, 1.807) is 0 Å². The van der Waals surface area contributed by atoms with Crippen LogP contribution in [0, 0.1) is 13.8 Å². The summed E-state index contributed by atoms with van der Waals surface area (Å²) < 4.78 is 0. The lowest BCUT2D eigenvalue weighted by Gasteiger charge is -2.44. The second kappa shape index (κ2) is 6.47. The molecule has 3 heteroatoms. The van der Waals surface area contributed by atoms with Gasteiger partial charge in [0.2, 0.25) is 0 Å². The van der Waals surface area contributed by atoms with Gasteiger partial charge in [0.25, 0.3) is 0 Å². The molecule has 0 aromatic heterocycles. The van der Waals surface area contributed by atoms with E-state index in [4.69, 9.17) is 5.73 Å². The highest BCUT2D eigenvalue weighted by Gasteiger charge is 2.29. The maximum Gasteiger partial charge on any atom is 0.0474 e. The van der Waals surface area contributed by atoms with E-state index in [1.165, 1.54) is 16.7 Å². The minimum Gasteiger partial charge on any atom is -0.329 e. The van der Waals surface area contributed by atoms with Crippen molar-refractivity contribution in [3.05, 3.63) is 34.9 Å². The molecule has 0 aliphatic carbocycles. The molecule has 3 nitrogen and oxygen atoms in total. The van der Waals surface area contributed by atoms with Crippen molar-refractivity contribution in [2.75, 3.05) is 32.7 Å². The zero-order chi connectivity index (χ0) is 15.6. The van der Waals surface area contributed by atoms with Crippen LogP contribution >= 0.6 is 0 Å². The van der Waals surface area contributed by atoms with Crippen LogP contribution in [0.5, 0.6) is 0 Å². The lowest BCUT2D eigenvalue weighted by Crippen LogP contribution is -2.54. The summed E-state index contributed by atoms with van der Waals surface area (Å²) in [5, 5.41) is 0. The average Bonchev–Trinajstić information content (AvgIpc) is 2.44. The van der Waals surface area contributed by atoms with Crippen LogP contribution in [0.25, 0.3) is 0 Å². The van der Waals surface area contributed by atoms with Crippen LogP contribution in [0.15, 0.2) is 18.2 Å². The van der Waals surface area contributed by atoms with Crippen LogP contribution in [0.3, 0.4) is 0 Å². The van der Waals surface area contributed by atoms with Crippen LogP contribution in [0.2, 0.25) is 0 Å². The molecule has 0 spiro atoms. The topological polar surface area (TPSA) is 32.5 Å². The Morgan fingerprint density at radius 2 is 1.71 bits per heavy atom. The lowest BCUT2D eigenvalue weighted by atomic mass is 9.95. The van der Waals surface area contributed by atoms with E-state index in [9.17, 15) is 0 Å². The zero-order valence-electron chi connectivity index (χ0n) is 14.3. The van der Waals surface area contributed by atoms with Crippen molar-refractivity contribution in [3.63, 3.8) is 0 Å². The quantitative estimate of drug-likeness (QED) is 0.928. The molecule has 1 aromatic carbocycles. The van der Waals surface area contributed by atoms with E-state index >= 15 is 0 Å². The number of benzene rings is 1. The van der Waals surface area contributed by atoms with Crippen molar-refractivity contribution >= 4 is 0 Å². The van der Waals surface area contributed by atoms with Crippen molar-refractivity contribution in [2.45, 2.75) is 46.2 Å². The van der Waals surface area contributed by atoms with E-state index in [1.807, 2.05) is 0 Å². The van der Waals surface area contributed by atoms with Crippen molar-refractivity contribution < 1.29 is 0 Å². The molecule has 2 rings (SSSR count). The van der Waals surface area contributed by atoms with Gasteiger partial charge < -0.3 is 5.73 Å². The molecule has 1 heterocycles. The second-order valence-corrected chi connectivity index (χ2v) is 7.23. The molecule has 1 unspecified atom stereocenters. The van der Waals surface area contributed by atoms with Crippen LogP contribution in [-0.4, -0.2) is 48.1 Å². The number of aryl methyl sites for hydroxylation is 1. The molecule has 0 amide bonds. The van der Waals surface area contributed by atoms with E-state index in [0.717, 1.165) is 26.2 Å². The standard InChI is InChI=1S/C18H31N3/c1-14-7-6-8-16(15(14)2)17(13-19)20-9-11-21(12-10-20)18(3,4)5/h6-8,17H,9-13,19H2,1-5H3. The molecule has 0 radical (unpaired) electrons. The van der Waals surface area contributed by atoms with Gasteiger partial charge in [0.1, 0.15) is 0 Å². The van der Waals surface area contributed by atoms with Crippen LogP contribution in [-0.2, 0) is 0 Å². The molecule has 2 N–H and O–H groups in total. The Morgan fingerprint density at radius 1 is 1.10 bits per heavy atom. The molecule has 1 saturated heterocycles. The summed E-state index contributed by atoms with van der Waals surface area (Å²) in [7, 11) is 0. The Morgan fingerprint density at radius 3 is 2.24 bits per heavy atom. The average molecular weight is 289 g/mol. The Kier molecular flexibility index (Phi) is 5.07. The molecule has 1 aliphatic rings. The van der Waals surface area contributed by atoms with Gasteiger partial charge in [-0.2, -0.15) is 0 Å². The van der Waals surface area contributed by atoms with Crippen molar-refractivity contribution in [1.82, 2.24) is 9.80 Å². The highest BCUT2D eigenvalue weighted by molar-refractivity contribution is 5.35. The van der Waals surface area contributed by atoms with Gasteiger partial charge in [-0.3, -0.25) is 9.80 Å². The predicted octanol–water partition coefficient (Wildman–Crippen LogP) is 2.72. The predicted molar refractivity (Wildman–Crippen MR) is 90.6 cm³/mol. The molecular formula is C18H31N3. The van der Waals surface area contributed by atoms with Crippen LogP contribution < -0.4 is 5.73 Å². The number of nitrogens with two attached hydrogens (primary N) is 1. The van der Waals surface area contributed by atoms with E-state index in [-0.39, 0.29) is 5.54 Å². The minimum absolute atomic E-state index is 0.267. The maximum atomic E-state index is 6.12. The monoisotopic (exact) mass is 289 g/mol. The fourth-order valence-corrected chi connectivity index (χ4v) is 3.31.